The van der Waals surface area contributed by atoms with Gasteiger partial charge in [-0.2, -0.15) is 0 Å². The van der Waals surface area contributed by atoms with Crippen LogP contribution in [0.4, 0.5) is 4.79 Å². The first-order valence-electron chi connectivity index (χ1n) is 15.7. The van der Waals surface area contributed by atoms with Crippen LogP contribution in [0.15, 0.2) is 67.0 Å². The van der Waals surface area contributed by atoms with Crippen molar-refractivity contribution in [2.24, 2.45) is 0 Å². The van der Waals surface area contributed by atoms with Gasteiger partial charge in [-0.05, 0) is 38.2 Å². The van der Waals surface area contributed by atoms with Crippen molar-refractivity contribution in [3.8, 4) is 11.3 Å². The number of imidazole rings is 1. The molecule has 1 saturated heterocycles. The van der Waals surface area contributed by atoms with Crippen LogP contribution in [0.2, 0.25) is 0 Å². The largest absolute Gasteiger partial charge is 0.450 e. The second kappa shape index (κ2) is 15.2. The lowest BCUT2D eigenvalue weighted by molar-refractivity contribution is 0.0585. The lowest BCUT2D eigenvalue weighted by Gasteiger charge is -2.40. The Hall–Kier alpha value is -3.69. The average Bonchev–Trinajstić information content (AvgIpc) is 3.49. The van der Waals surface area contributed by atoms with Crippen molar-refractivity contribution < 1.29 is 19.1 Å². The summed E-state index contributed by atoms with van der Waals surface area (Å²) in [5.41, 5.74) is 3.45. The van der Waals surface area contributed by atoms with Gasteiger partial charge in [0.2, 0.25) is 0 Å². The summed E-state index contributed by atoms with van der Waals surface area (Å²) < 4.78 is 13.0. The fourth-order valence-electron chi connectivity index (χ4n) is 6.64. The third-order valence-electron chi connectivity index (χ3n) is 8.67. The quantitative estimate of drug-likeness (QED) is 0.311. The van der Waals surface area contributed by atoms with E-state index in [4.69, 9.17) is 14.5 Å². The third kappa shape index (κ3) is 7.28. The molecule has 1 saturated carbocycles. The molecule has 3 aromatic rings. The molecule has 0 radical (unpaired) electrons. The van der Waals surface area contributed by atoms with E-state index in [9.17, 15) is 9.59 Å². The highest BCUT2D eigenvalue weighted by atomic mass is 16.6. The van der Waals surface area contributed by atoms with Crippen molar-refractivity contribution >= 4 is 12.0 Å². The van der Waals surface area contributed by atoms with Gasteiger partial charge in [-0.15, -0.1) is 0 Å². The van der Waals surface area contributed by atoms with E-state index in [-0.39, 0.29) is 30.1 Å². The summed E-state index contributed by atoms with van der Waals surface area (Å²) in [7, 11) is 1.68. The summed E-state index contributed by atoms with van der Waals surface area (Å²) in [6.07, 6.45) is 6.86. The highest BCUT2D eigenvalue weighted by Gasteiger charge is 2.38. The topological polar surface area (TPSA) is 88.9 Å². The van der Waals surface area contributed by atoms with Crippen LogP contribution in [0.5, 0.6) is 0 Å². The number of benzene rings is 2. The minimum atomic E-state index is -0.294. The minimum Gasteiger partial charge on any atom is -0.450 e. The molecule has 2 amide bonds. The molecular formula is C34H45N5O4. The molecule has 0 spiro atoms. The Kier molecular flexibility index (Phi) is 10.8. The number of hydrogen-bond donors (Lipinski definition) is 1. The third-order valence-corrected chi connectivity index (χ3v) is 8.67. The van der Waals surface area contributed by atoms with Crippen LogP contribution in [0, 0.1) is 0 Å². The zero-order chi connectivity index (χ0) is 30.0. The lowest BCUT2D eigenvalue weighted by Crippen LogP contribution is -2.54. The van der Waals surface area contributed by atoms with E-state index in [1.54, 1.807) is 7.11 Å². The molecule has 1 aliphatic heterocycles. The monoisotopic (exact) mass is 587 g/mol. The highest BCUT2D eigenvalue weighted by molar-refractivity contribution is 5.98. The molecule has 1 aromatic heterocycles. The number of amides is 2. The molecule has 2 aliphatic rings. The van der Waals surface area contributed by atoms with Crippen LogP contribution in [-0.4, -0.2) is 89.9 Å². The predicted molar refractivity (Wildman–Crippen MR) is 167 cm³/mol. The van der Waals surface area contributed by atoms with E-state index in [0.29, 0.717) is 32.0 Å². The Bertz CT molecular complexity index is 1310. The Morgan fingerprint density at radius 2 is 1.79 bits per heavy atom. The van der Waals surface area contributed by atoms with Gasteiger partial charge in [-0.1, -0.05) is 73.5 Å². The summed E-state index contributed by atoms with van der Waals surface area (Å²) in [5.74, 6) is -0.0465. The number of nitrogens with one attached hydrogen (secondary N) is 1. The first-order valence-corrected chi connectivity index (χ1v) is 15.7. The van der Waals surface area contributed by atoms with E-state index in [2.05, 4.69) is 22.0 Å². The van der Waals surface area contributed by atoms with Gasteiger partial charge in [0.1, 0.15) is 0 Å². The van der Waals surface area contributed by atoms with Gasteiger partial charge >= 0.3 is 6.09 Å². The number of nitrogens with zero attached hydrogens (tertiary/aromatic N) is 4. The zero-order valence-corrected chi connectivity index (χ0v) is 25.5. The summed E-state index contributed by atoms with van der Waals surface area (Å²) >= 11 is 0. The van der Waals surface area contributed by atoms with Crippen molar-refractivity contribution in [3.63, 3.8) is 0 Å². The molecule has 3 atom stereocenters. The number of methoxy groups -OCH3 is 1. The van der Waals surface area contributed by atoms with Crippen LogP contribution in [0.25, 0.3) is 11.3 Å². The normalized spacial score (nSPS) is 20.5. The first kappa shape index (κ1) is 30.8. The van der Waals surface area contributed by atoms with E-state index < -0.39 is 0 Å². The van der Waals surface area contributed by atoms with Gasteiger partial charge in [0, 0.05) is 51.5 Å². The van der Waals surface area contributed by atoms with E-state index in [0.717, 1.165) is 62.9 Å². The number of hydrogen-bond acceptors (Lipinski definition) is 6. The molecule has 2 heterocycles. The Morgan fingerprint density at radius 3 is 2.53 bits per heavy atom. The van der Waals surface area contributed by atoms with Gasteiger partial charge in [0.15, 0.2) is 5.69 Å². The first-order chi connectivity index (χ1) is 21.1. The molecule has 2 aromatic carbocycles. The Morgan fingerprint density at radius 1 is 1.05 bits per heavy atom. The van der Waals surface area contributed by atoms with E-state index in [1.165, 1.54) is 5.56 Å². The Labute approximate surface area is 255 Å². The van der Waals surface area contributed by atoms with Gasteiger partial charge in [0.25, 0.3) is 5.91 Å². The Balaban J connectivity index is 1.51. The van der Waals surface area contributed by atoms with Crippen molar-refractivity contribution in [2.45, 2.75) is 63.6 Å². The molecular weight excluding hydrogens is 542 g/mol. The maximum Gasteiger partial charge on any atom is 0.410 e. The molecule has 230 valence electrons. The number of piperazine rings is 1. The van der Waals surface area contributed by atoms with Crippen molar-refractivity contribution in [2.75, 3.05) is 46.5 Å². The van der Waals surface area contributed by atoms with Crippen LogP contribution < -0.4 is 5.32 Å². The second-order valence-electron chi connectivity index (χ2n) is 11.4. The van der Waals surface area contributed by atoms with E-state index >= 15 is 0 Å². The number of ether oxygens (including phenoxy) is 2. The molecule has 1 aliphatic carbocycles. The fraction of sp³-hybridized carbons (Fsp3) is 0.500. The van der Waals surface area contributed by atoms with Crippen LogP contribution in [0.3, 0.4) is 0 Å². The minimum absolute atomic E-state index is 0.0277. The second-order valence-corrected chi connectivity index (χ2v) is 11.4. The number of rotatable bonds is 11. The molecule has 2 fully saturated rings. The molecule has 1 N–H and O–H groups in total. The number of carbonyl (C=O) groups is 2. The predicted octanol–water partition coefficient (Wildman–Crippen LogP) is 5.19. The summed E-state index contributed by atoms with van der Waals surface area (Å²) in [5, 5.41) is 3.48. The average molecular weight is 588 g/mol. The van der Waals surface area contributed by atoms with Crippen molar-refractivity contribution in [1.82, 2.24) is 24.7 Å². The fourth-order valence-corrected chi connectivity index (χ4v) is 6.64. The van der Waals surface area contributed by atoms with E-state index in [1.807, 2.05) is 71.6 Å². The summed E-state index contributed by atoms with van der Waals surface area (Å²) in [4.78, 5) is 36.4. The van der Waals surface area contributed by atoms with Gasteiger partial charge in [-0.25, -0.2) is 9.78 Å². The maximum atomic E-state index is 14.4. The van der Waals surface area contributed by atoms with Crippen LogP contribution >= 0.6 is 0 Å². The summed E-state index contributed by atoms with van der Waals surface area (Å²) in [6, 6.07) is 20.3. The van der Waals surface area contributed by atoms with Crippen molar-refractivity contribution in [3.05, 3.63) is 78.2 Å². The van der Waals surface area contributed by atoms with Crippen LogP contribution in [-0.2, 0) is 15.9 Å². The molecule has 0 unspecified atom stereocenters. The lowest BCUT2D eigenvalue weighted by atomic mass is 9.88. The van der Waals surface area contributed by atoms with Gasteiger partial charge < -0.3 is 29.2 Å². The molecule has 0 bridgehead atoms. The number of aromatic nitrogens is 2. The maximum absolute atomic E-state index is 14.4. The molecule has 9 nitrogen and oxygen atoms in total. The van der Waals surface area contributed by atoms with Gasteiger partial charge in [0.05, 0.1) is 30.7 Å². The molecule has 9 heteroatoms. The highest BCUT2D eigenvalue weighted by Crippen LogP contribution is 2.37. The molecule has 43 heavy (non-hydrogen) atoms. The zero-order valence-electron chi connectivity index (χ0n) is 25.5. The molecule has 5 rings (SSSR count). The SMILES string of the molecule is CCOC(=O)N(CCCOC)[C@H]1CCCC[C@@H]1n1cnc(C(=O)N2CCNC[C@H]2Cc2ccccc2)c1-c1ccccc1. The summed E-state index contributed by atoms with van der Waals surface area (Å²) in [6.45, 7) is 5.40. The number of carbonyl (C=O) groups excluding carboxylic acids is 2. The smallest absolute Gasteiger partial charge is 0.410 e. The standard InChI is InChI=1S/C34H45N5O4/c1-3-43-34(41)38(20-12-22-42-2)29-17-10-11-18-30(29)39-25-36-31(32(39)27-15-8-5-9-16-27)33(40)37-21-19-35-24-28(37)23-26-13-6-4-7-14-26/h4-9,13-16,25,28-30,35H,3,10-12,17-24H2,1-2H3/t28-,29+,30+/m1/s1. The van der Waals surface area contributed by atoms with Gasteiger partial charge in [-0.3, -0.25) is 4.79 Å². The van der Waals surface area contributed by atoms with Crippen LogP contribution in [0.1, 0.15) is 61.1 Å². The van der Waals surface area contributed by atoms with Crippen molar-refractivity contribution in [1.29, 1.82) is 0 Å².